The van der Waals surface area contributed by atoms with Crippen molar-refractivity contribution in [3.8, 4) is 0 Å². The summed E-state index contributed by atoms with van der Waals surface area (Å²) in [5.74, 6) is 0. The van der Waals surface area contributed by atoms with Gasteiger partial charge in [-0.15, -0.1) is 0 Å². The van der Waals surface area contributed by atoms with Gasteiger partial charge in [0, 0.05) is 22.4 Å². The van der Waals surface area contributed by atoms with Gasteiger partial charge >= 0.3 is 5.63 Å². The maximum atomic E-state index is 11.2. The van der Waals surface area contributed by atoms with Gasteiger partial charge in [0.2, 0.25) is 0 Å². The van der Waals surface area contributed by atoms with Crippen LogP contribution in [0.3, 0.4) is 0 Å². The average molecular weight is 228 g/mol. The van der Waals surface area contributed by atoms with E-state index >= 15 is 0 Å². The molecule has 0 aliphatic rings. The Morgan fingerprint density at radius 3 is 2.82 bits per heavy atom. The van der Waals surface area contributed by atoms with Crippen LogP contribution in [0.25, 0.3) is 21.9 Å². The second-order valence-electron chi connectivity index (χ2n) is 3.86. The summed E-state index contributed by atoms with van der Waals surface area (Å²) in [5, 5.41) is 1.51. The van der Waals surface area contributed by atoms with E-state index in [1.165, 1.54) is 12.3 Å². The van der Waals surface area contributed by atoms with Crippen molar-refractivity contribution in [2.45, 2.75) is 6.92 Å². The number of hydrogen-bond donors (Lipinski definition) is 0. The van der Waals surface area contributed by atoms with E-state index < -0.39 is 5.63 Å². The van der Waals surface area contributed by atoms with E-state index in [0.717, 1.165) is 22.6 Å². The summed E-state index contributed by atoms with van der Waals surface area (Å²) in [6.07, 6.45) is 2.15. The second-order valence-corrected chi connectivity index (χ2v) is 3.86. The Hall–Kier alpha value is -2.36. The molecule has 1 aromatic carbocycles. The average Bonchev–Trinajstić information content (AvgIpc) is 2.73. The van der Waals surface area contributed by atoms with Gasteiger partial charge in [-0.3, -0.25) is 4.79 Å². The van der Waals surface area contributed by atoms with E-state index in [4.69, 9.17) is 8.83 Å². The first-order chi connectivity index (χ1) is 8.20. The summed E-state index contributed by atoms with van der Waals surface area (Å²) < 4.78 is 10.5. The number of carbonyl (C=O) groups is 1. The van der Waals surface area contributed by atoms with Gasteiger partial charge in [0.15, 0.2) is 6.29 Å². The minimum absolute atomic E-state index is 0.401. The van der Waals surface area contributed by atoms with Gasteiger partial charge in [-0.25, -0.2) is 4.79 Å². The van der Waals surface area contributed by atoms with Crippen molar-refractivity contribution < 1.29 is 13.6 Å². The van der Waals surface area contributed by atoms with Crippen LogP contribution >= 0.6 is 0 Å². The van der Waals surface area contributed by atoms with Gasteiger partial charge in [0.25, 0.3) is 0 Å². The predicted octanol–water partition coefficient (Wildman–Crippen LogP) is 2.66. The fourth-order valence-corrected chi connectivity index (χ4v) is 2.00. The smallest absolute Gasteiger partial charge is 0.336 e. The van der Waals surface area contributed by atoms with Crippen LogP contribution in [0.2, 0.25) is 0 Å². The molecule has 0 radical (unpaired) electrons. The van der Waals surface area contributed by atoms with E-state index in [-0.39, 0.29) is 0 Å². The topological polar surface area (TPSA) is 60.4 Å². The lowest BCUT2D eigenvalue weighted by molar-refractivity contribution is 0.112. The molecule has 0 saturated carbocycles. The van der Waals surface area contributed by atoms with Crippen LogP contribution < -0.4 is 5.63 Å². The van der Waals surface area contributed by atoms with Crippen LogP contribution in [0.1, 0.15) is 15.9 Å². The van der Waals surface area contributed by atoms with Crippen molar-refractivity contribution in [2.24, 2.45) is 0 Å². The van der Waals surface area contributed by atoms with Gasteiger partial charge in [0.05, 0.1) is 5.56 Å². The molecular weight excluding hydrogens is 220 g/mol. The Morgan fingerprint density at radius 2 is 2.06 bits per heavy atom. The summed E-state index contributed by atoms with van der Waals surface area (Å²) in [5.41, 5.74) is 1.90. The number of furan rings is 1. The summed E-state index contributed by atoms with van der Waals surface area (Å²) in [6, 6.07) is 4.82. The Bertz CT molecular complexity index is 792. The molecule has 0 saturated heterocycles. The molecule has 0 bridgehead atoms. The van der Waals surface area contributed by atoms with Gasteiger partial charge in [-0.2, -0.15) is 0 Å². The van der Waals surface area contributed by atoms with Crippen LogP contribution in [-0.4, -0.2) is 6.29 Å². The highest BCUT2D eigenvalue weighted by Crippen LogP contribution is 2.29. The number of rotatable bonds is 1. The van der Waals surface area contributed by atoms with Gasteiger partial charge in [-0.05, 0) is 19.1 Å². The third kappa shape index (κ3) is 1.30. The van der Waals surface area contributed by atoms with Crippen molar-refractivity contribution in [1.29, 1.82) is 0 Å². The number of benzene rings is 1. The molecule has 3 aromatic rings. The Balaban J connectivity index is 2.58. The zero-order valence-corrected chi connectivity index (χ0v) is 9.02. The summed E-state index contributed by atoms with van der Waals surface area (Å²) in [4.78, 5) is 22.0. The molecule has 0 spiro atoms. The van der Waals surface area contributed by atoms with Gasteiger partial charge < -0.3 is 8.83 Å². The zero-order chi connectivity index (χ0) is 12.0. The van der Waals surface area contributed by atoms with Crippen molar-refractivity contribution >= 4 is 28.2 Å². The van der Waals surface area contributed by atoms with Gasteiger partial charge in [0.1, 0.15) is 17.4 Å². The molecule has 0 aliphatic heterocycles. The standard InChI is InChI=1S/C13H8O4/c1-7-12-8(2-3-11(15)17-12)4-10-9(5-14)6-16-13(7)10/h2-6H,1H3. The molecule has 0 fully saturated rings. The number of aldehydes is 1. The maximum Gasteiger partial charge on any atom is 0.336 e. The highest BCUT2D eigenvalue weighted by Gasteiger charge is 2.12. The number of aryl methyl sites for hydroxylation is 1. The molecule has 17 heavy (non-hydrogen) atoms. The molecule has 0 unspecified atom stereocenters. The highest BCUT2D eigenvalue weighted by molar-refractivity contribution is 6.04. The minimum atomic E-state index is -0.401. The molecule has 0 atom stereocenters. The first kappa shape index (κ1) is 9.84. The molecule has 0 amide bonds. The van der Waals surface area contributed by atoms with E-state index in [9.17, 15) is 9.59 Å². The van der Waals surface area contributed by atoms with Gasteiger partial charge in [-0.1, -0.05) is 0 Å². The van der Waals surface area contributed by atoms with E-state index in [0.29, 0.717) is 16.7 Å². The van der Waals surface area contributed by atoms with Crippen LogP contribution in [0.15, 0.2) is 38.1 Å². The predicted molar refractivity (Wildman–Crippen MR) is 62.4 cm³/mol. The number of hydrogen-bond acceptors (Lipinski definition) is 4. The van der Waals surface area contributed by atoms with Crippen LogP contribution in [0.5, 0.6) is 0 Å². The summed E-state index contributed by atoms with van der Waals surface area (Å²) >= 11 is 0. The van der Waals surface area contributed by atoms with Crippen LogP contribution in [0.4, 0.5) is 0 Å². The van der Waals surface area contributed by atoms with Crippen LogP contribution in [-0.2, 0) is 0 Å². The molecule has 4 heteroatoms. The molecule has 3 rings (SSSR count). The van der Waals surface area contributed by atoms with Crippen molar-refractivity contribution in [3.05, 3.63) is 46.0 Å². The third-order valence-corrected chi connectivity index (χ3v) is 2.83. The minimum Gasteiger partial charge on any atom is -0.463 e. The molecular formula is C13H8O4. The lowest BCUT2D eigenvalue weighted by Crippen LogP contribution is -1.95. The Kier molecular flexibility index (Phi) is 1.92. The maximum absolute atomic E-state index is 11.2. The number of carbonyl (C=O) groups excluding carboxylic acids is 1. The van der Waals surface area contributed by atoms with E-state index in [2.05, 4.69) is 0 Å². The quantitative estimate of drug-likeness (QED) is 0.474. The highest BCUT2D eigenvalue weighted by atomic mass is 16.4. The molecule has 84 valence electrons. The largest absolute Gasteiger partial charge is 0.463 e. The SMILES string of the molecule is Cc1c2oc(=O)ccc2cc2c(C=O)coc12. The lowest BCUT2D eigenvalue weighted by Gasteiger charge is -2.01. The van der Waals surface area contributed by atoms with Crippen molar-refractivity contribution in [2.75, 3.05) is 0 Å². The van der Waals surface area contributed by atoms with E-state index in [1.54, 1.807) is 19.1 Å². The molecule has 0 aliphatic carbocycles. The molecule has 2 aromatic heterocycles. The molecule has 0 N–H and O–H groups in total. The van der Waals surface area contributed by atoms with Crippen molar-refractivity contribution in [1.82, 2.24) is 0 Å². The summed E-state index contributed by atoms with van der Waals surface area (Å²) in [7, 11) is 0. The van der Waals surface area contributed by atoms with Crippen molar-refractivity contribution in [3.63, 3.8) is 0 Å². The third-order valence-electron chi connectivity index (χ3n) is 2.83. The monoisotopic (exact) mass is 228 g/mol. The number of fused-ring (bicyclic) bond motifs is 2. The fourth-order valence-electron chi connectivity index (χ4n) is 2.00. The fraction of sp³-hybridized carbons (Fsp3) is 0.0769. The summed E-state index contributed by atoms with van der Waals surface area (Å²) in [6.45, 7) is 1.80. The van der Waals surface area contributed by atoms with E-state index in [1.807, 2.05) is 0 Å². The van der Waals surface area contributed by atoms with Crippen LogP contribution in [0, 0.1) is 6.92 Å². The Morgan fingerprint density at radius 1 is 1.24 bits per heavy atom. The normalized spacial score (nSPS) is 11.1. The second kappa shape index (κ2) is 3.31. The molecule has 4 nitrogen and oxygen atoms in total. The first-order valence-electron chi connectivity index (χ1n) is 5.10. The molecule has 2 heterocycles. The zero-order valence-electron chi connectivity index (χ0n) is 9.02. The Labute approximate surface area is 95.4 Å². The lowest BCUT2D eigenvalue weighted by atomic mass is 10.1. The first-order valence-corrected chi connectivity index (χ1v) is 5.10.